The molecule has 1 aliphatic heterocycles. The molecule has 1 heterocycles. The molecule has 1 saturated heterocycles. The monoisotopic (exact) mass is 474 g/mol. The molecule has 1 aliphatic rings. The average Bonchev–Trinajstić information content (AvgIpc) is 2.80. The number of hydrogen-bond acceptors (Lipinski definition) is 6. The van der Waals surface area contributed by atoms with Gasteiger partial charge >= 0.3 is 0 Å². The fourth-order valence-electron chi connectivity index (χ4n) is 3.81. The van der Waals surface area contributed by atoms with E-state index in [2.05, 4.69) is 34.3 Å². The number of carbonyl (C=O) groups is 1. The summed E-state index contributed by atoms with van der Waals surface area (Å²) in [4.78, 5) is 17.0. The molecule has 2 aromatic carbocycles. The lowest BCUT2D eigenvalue weighted by molar-refractivity contribution is -0.121. The van der Waals surface area contributed by atoms with E-state index in [1.807, 2.05) is 12.1 Å². The number of anilines is 2. The summed E-state index contributed by atoms with van der Waals surface area (Å²) in [5.41, 5.74) is 2.77. The Balaban J connectivity index is 1.46. The van der Waals surface area contributed by atoms with Crippen LogP contribution in [0.4, 0.5) is 11.4 Å². The van der Waals surface area contributed by atoms with Gasteiger partial charge in [0.05, 0.1) is 19.1 Å². The number of nitrogens with one attached hydrogen (secondary N) is 1. The SMILES string of the molecule is COc1cccc(N(CCCC(=O)NCc2ccc(N3CCN(C)CC3)cc2)S(C)(=O)=O)c1. The summed E-state index contributed by atoms with van der Waals surface area (Å²) in [6.45, 7) is 4.84. The van der Waals surface area contributed by atoms with E-state index in [1.54, 1.807) is 24.3 Å². The second kappa shape index (κ2) is 11.4. The number of benzene rings is 2. The highest BCUT2D eigenvalue weighted by Gasteiger charge is 2.18. The zero-order chi connectivity index (χ0) is 23.8. The lowest BCUT2D eigenvalue weighted by atomic mass is 10.1. The van der Waals surface area contributed by atoms with Crippen LogP contribution in [0, 0.1) is 0 Å². The molecule has 3 rings (SSSR count). The molecule has 33 heavy (non-hydrogen) atoms. The Hall–Kier alpha value is -2.78. The minimum absolute atomic E-state index is 0.0998. The van der Waals surface area contributed by atoms with Crippen LogP contribution in [0.15, 0.2) is 48.5 Å². The molecule has 0 bridgehead atoms. The fourth-order valence-corrected chi connectivity index (χ4v) is 4.77. The molecule has 2 aromatic rings. The molecule has 0 spiro atoms. The number of likely N-dealkylation sites (N-methyl/N-ethyl adjacent to an activating group) is 1. The Morgan fingerprint density at radius 1 is 1.09 bits per heavy atom. The number of nitrogens with zero attached hydrogens (tertiary/aromatic N) is 3. The fraction of sp³-hybridized carbons (Fsp3) is 0.458. The van der Waals surface area contributed by atoms with Gasteiger partial charge in [-0.25, -0.2) is 8.42 Å². The molecule has 0 aromatic heterocycles. The van der Waals surface area contributed by atoms with Crippen molar-refractivity contribution in [2.45, 2.75) is 19.4 Å². The van der Waals surface area contributed by atoms with Crippen molar-refractivity contribution in [3.63, 3.8) is 0 Å². The average molecular weight is 475 g/mol. The van der Waals surface area contributed by atoms with Crippen LogP contribution >= 0.6 is 0 Å². The van der Waals surface area contributed by atoms with Gasteiger partial charge < -0.3 is 19.9 Å². The Kier molecular flexibility index (Phi) is 8.57. The first-order chi connectivity index (χ1) is 15.8. The Morgan fingerprint density at radius 3 is 2.42 bits per heavy atom. The summed E-state index contributed by atoms with van der Waals surface area (Å²) in [7, 11) is 0.202. The van der Waals surface area contributed by atoms with Crippen LogP contribution in [0.5, 0.6) is 5.75 Å². The second-order valence-corrected chi connectivity index (χ2v) is 10.3. The standard InChI is InChI=1S/C24H34N4O4S/c1-26-14-16-27(17-15-26)21-11-9-20(10-12-21)19-25-24(29)8-5-13-28(33(3,30)31)22-6-4-7-23(18-22)32-2/h4,6-7,9-12,18H,5,8,13-17,19H2,1-3H3,(H,25,29). The van der Waals surface area contributed by atoms with E-state index in [4.69, 9.17) is 4.74 Å². The molecule has 8 nitrogen and oxygen atoms in total. The van der Waals surface area contributed by atoms with E-state index in [-0.39, 0.29) is 18.9 Å². The maximum absolute atomic E-state index is 12.3. The predicted octanol–water partition coefficient (Wildman–Crippen LogP) is 2.31. The van der Waals surface area contributed by atoms with Gasteiger partial charge in [-0.05, 0) is 43.3 Å². The van der Waals surface area contributed by atoms with Crippen molar-refractivity contribution in [1.82, 2.24) is 10.2 Å². The highest BCUT2D eigenvalue weighted by atomic mass is 32.2. The molecule has 0 saturated carbocycles. The van der Waals surface area contributed by atoms with Gasteiger partial charge in [-0.15, -0.1) is 0 Å². The molecule has 180 valence electrons. The number of sulfonamides is 1. The summed E-state index contributed by atoms with van der Waals surface area (Å²) in [6.07, 6.45) is 1.83. The minimum atomic E-state index is -3.47. The van der Waals surface area contributed by atoms with Crippen molar-refractivity contribution in [3.05, 3.63) is 54.1 Å². The van der Waals surface area contributed by atoms with Gasteiger partial charge in [0, 0.05) is 57.4 Å². The number of ether oxygens (including phenoxy) is 1. The molecule has 1 fully saturated rings. The first-order valence-electron chi connectivity index (χ1n) is 11.2. The van der Waals surface area contributed by atoms with Gasteiger partial charge in [0.1, 0.15) is 5.75 Å². The summed E-state index contributed by atoms with van der Waals surface area (Å²) >= 11 is 0. The molecular weight excluding hydrogens is 440 g/mol. The van der Waals surface area contributed by atoms with E-state index in [9.17, 15) is 13.2 Å². The third-order valence-electron chi connectivity index (χ3n) is 5.80. The molecule has 0 aliphatic carbocycles. The van der Waals surface area contributed by atoms with Crippen LogP contribution in [0.1, 0.15) is 18.4 Å². The number of amides is 1. The number of rotatable bonds is 10. The van der Waals surface area contributed by atoms with Gasteiger partial charge in [0.2, 0.25) is 15.9 Å². The van der Waals surface area contributed by atoms with E-state index >= 15 is 0 Å². The second-order valence-electron chi connectivity index (χ2n) is 8.37. The van der Waals surface area contributed by atoms with Crippen LogP contribution in [-0.4, -0.2) is 72.4 Å². The molecule has 1 N–H and O–H groups in total. The summed E-state index contributed by atoms with van der Waals surface area (Å²) in [5.74, 6) is 0.481. The number of methoxy groups -OCH3 is 1. The smallest absolute Gasteiger partial charge is 0.232 e. The predicted molar refractivity (Wildman–Crippen MR) is 132 cm³/mol. The van der Waals surface area contributed by atoms with E-state index < -0.39 is 10.0 Å². The zero-order valence-corrected chi connectivity index (χ0v) is 20.5. The number of piperazine rings is 1. The summed E-state index contributed by atoms with van der Waals surface area (Å²) < 4.78 is 31.0. The third-order valence-corrected chi connectivity index (χ3v) is 7.00. The zero-order valence-electron chi connectivity index (χ0n) is 19.7. The van der Waals surface area contributed by atoms with Crippen molar-refractivity contribution < 1.29 is 17.9 Å². The maximum Gasteiger partial charge on any atom is 0.232 e. The largest absolute Gasteiger partial charge is 0.497 e. The van der Waals surface area contributed by atoms with Crippen LogP contribution < -0.4 is 19.3 Å². The summed E-state index contributed by atoms with van der Waals surface area (Å²) in [6, 6.07) is 15.2. The van der Waals surface area contributed by atoms with Gasteiger partial charge in [0.25, 0.3) is 0 Å². The van der Waals surface area contributed by atoms with Crippen LogP contribution in [0.3, 0.4) is 0 Å². The molecule has 1 amide bonds. The van der Waals surface area contributed by atoms with Crippen molar-refractivity contribution in [3.8, 4) is 5.75 Å². The van der Waals surface area contributed by atoms with Crippen LogP contribution in [-0.2, 0) is 21.4 Å². The van der Waals surface area contributed by atoms with Crippen LogP contribution in [0.25, 0.3) is 0 Å². The van der Waals surface area contributed by atoms with Crippen molar-refractivity contribution >= 4 is 27.3 Å². The molecule has 0 radical (unpaired) electrons. The van der Waals surface area contributed by atoms with E-state index in [0.717, 1.165) is 31.7 Å². The normalized spacial score (nSPS) is 14.7. The van der Waals surface area contributed by atoms with Gasteiger partial charge in [-0.3, -0.25) is 9.10 Å². The minimum Gasteiger partial charge on any atom is -0.497 e. The van der Waals surface area contributed by atoms with Crippen molar-refractivity contribution in [2.24, 2.45) is 0 Å². The molecular formula is C24H34N4O4S. The topological polar surface area (TPSA) is 82.2 Å². The van der Waals surface area contributed by atoms with Gasteiger partial charge in [0.15, 0.2) is 0 Å². The highest BCUT2D eigenvalue weighted by Crippen LogP contribution is 2.23. The Morgan fingerprint density at radius 2 is 1.79 bits per heavy atom. The third kappa shape index (κ3) is 7.36. The lowest BCUT2D eigenvalue weighted by Crippen LogP contribution is -2.44. The maximum atomic E-state index is 12.3. The first kappa shape index (κ1) is 24.9. The van der Waals surface area contributed by atoms with Crippen molar-refractivity contribution in [1.29, 1.82) is 0 Å². The van der Waals surface area contributed by atoms with Gasteiger partial charge in [-0.2, -0.15) is 0 Å². The van der Waals surface area contributed by atoms with Crippen molar-refractivity contribution in [2.75, 3.05) is 62.3 Å². The van der Waals surface area contributed by atoms with Crippen LogP contribution in [0.2, 0.25) is 0 Å². The van der Waals surface area contributed by atoms with E-state index in [0.29, 0.717) is 24.4 Å². The number of hydrogen-bond donors (Lipinski definition) is 1. The number of carbonyl (C=O) groups excluding carboxylic acids is 1. The molecule has 0 unspecified atom stereocenters. The molecule has 9 heteroatoms. The highest BCUT2D eigenvalue weighted by molar-refractivity contribution is 7.92. The Bertz CT molecular complexity index is 1020. The summed E-state index contributed by atoms with van der Waals surface area (Å²) in [5, 5.41) is 2.93. The lowest BCUT2D eigenvalue weighted by Gasteiger charge is -2.34. The van der Waals surface area contributed by atoms with E-state index in [1.165, 1.54) is 23.4 Å². The molecule has 0 atom stereocenters. The first-order valence-corrected chi connectivity index (χ1v) is 13.0. The Labute approximate surface area is 197 Å². The quantitative estimate of drug-likeness (QED) is 0.569. The van der Waals surface area contributed by atoms with Gasteiger partial charge in [-0.1, -0.05) is 18.2 Å².